The van der Waals surface area contributed by atoms with Crippen LogP contribution in [0.3, 0.4) is 0 Å². The Kier molecular flexibility index (Phi) is 3.73. The third-order valence-electron chi connectivity index (χ3n) is 1.62. The Bertz CT molecular complexity index is 350. The van der Waals surface area contributed by atoms with E-state index in [0.717, 1.165) is 13.6 Å². The minimum atomic E-state index is -0.297. The maximum Gasteiger partial charge on any atom is 0.338 e. The van der Waals surface area contributed by atoms with Crippen LogP contribution in [0.5, 0.6) is 0 Å². The van der Waals surface area contributed by atoms with Crippen molar-refractivity contribution in [1.29, 1.82) is 0 Å². The van der Waals surface area contributed by atoms with Crippen molar-refractivity contribution in [1.82, 2.24) is 0 Å². The highest BCUT2D eigenvalue weighted by atomic mass is 127. The van der Waals surface area contributed by atoms with Crippen LogP contribution in [0, 0.1) is 10.5 Å². The summed E-state index contributed by atoms with van der Waals surface area (Å²) < 4.78 is 6.49. The zero-order valence-electron chi connectivity index (χ0n) is 7.23. The van der Waals surface area contributed by atoms with Gasteiger partial charge in [0.15, 0.2) is 0 Å². The lowest BCUT2D eigenvalue weighted by Gasteiger charge is -2.05. The van der Waals surface area contributed by atoms with Crippen LogP contribution >= 0.6 is 38.5 Å². The molecule has 0 atom stereocenters. The molecule has 0 saturated heterocycles. The molecule has 0 heterocycles. The van der Waals surface area contributed by atoms with Gasteiger partial charge in [-0.3, -0.25) is 0 Å². The Labute approximate surface area is 98.9 Å². The first-order valence-corrected chi connectivity index (χ1v) is 5.47. The number of carbonyl (C=O) groups excluding carboxylic acids is 1. The van der Waals surface area contributed by atoms with Crippen molar-refractivity contribution in [2.45, 2.75) is 6.92 Å². The summed E-state index contributed by atoms with van der Waals surface area (Å²) in [6.07, 6.45) is 0. The first kappa shape index (κ1) is 11.0. The van der Waals surface area contributed by atoms with Crippen LogP contribution in [0.25, 0.3) is 0 Å². The quantitative estimate of drug-likeness (QED) is 0.572. The van der Waals surface area contributed by atoms with Gasteiger partial charge in [-0.1, -0.05) is 15.9 Å². The zero-order chi connectivity index (χ0) is 10.0. The SMILES string of the molecule is COC(=O)c1cc(Br)cc(C)c1I. The Hall–Kier alpha value is -0.100. The van der Waals surface area contributed by atoms with Crippen molar-refractivity contribution in [3.8, 4) is 0 Å². The minimum Gasteiger partial charge on any atom is -0.465 e. The largest absolute Gasteiger partial charge is 0.465 e. The molecular weight excluding hydrogens is 347 g/mol. The normalized spacial score (nSPS) is 9.85. The van der Waals surface area contributed by atoms with Crippen molar-refractivity contribution in [2.75, 3.05) is 7.11 Å². The molecule has 0 N–H and O–H groups in total. The summed E-state index contributed by atoms with van der Waals surface area (Å²) in [6.45, 7) is 1.96. The Morgan fingerprint density at radius 3 is 2.69 bits per heavy atom. The van der Waals surface area contributed by atoms with Gasteiger partial charge in [-0.05, 0) is 47.2 Å². The van der Waals surface area contributed by atoms with Crippen molar-refractivity contribution < 1.29 is 9.53 Å². The third-order valence-corrected chi connectivity index (χ3v) is 3.51. The van der Waals surface area contributed by atoms with Crippen molar-refractivity contribution in [3.63, 3.8) is 0 Å². The zero-order valence-corrected chi connectivity index (χ0v) is 11.0. The minimum absolute atomic E-state index is 0.297. The van der Waals surface area contributed by atoms with E-state index in [1.165, 1.54) is 7.11 Å². The average Bonchev–Trinajstić information content (AvgIpc) is 2.10. The maximum absolute atomic E-state index is 11.3. The molecule has 0 spiro atoms. The average molecular weight is 355 g/mol. The van der Waals surface area contributed by atoms with Crippen molar-refractivity contribution in [2.24, 2.45) is 0 Å². The summed E-state index contributed by atoms with van der Waals surface area (Å²) in [4.78, 5) is 11.3. The van der Waals surface area contributed by atoms with Gasteiger partial charge in [0.2, 0.25) is 0 Å². The number of rotatable bonds is 1. The standard InChI is InChI=1S/C9H8BrIO2/c1-5-3-6(10)4-7(8(5)11)9(12)13-2/h3-4H,1-2H3. The molecule has 0 aliphatic rings. The molecule has 0 bridgehead atoms. The van der Waals surface area contributed by atoms with E-state index in [4.69, 9.17) is 0 Å². The highest BCUT2D eigenvalue weighted by molar-refractivity contribution is 14.1. The maximum atomic E-state index is 11.3. The van der Waals surface area contributed by atoms with Crippen LogP contribution in [0.2, 0.25) is 0 Å². The molecule has 0 aliphatic carbocycles. The van der Waals surface area contributed by atoms with Gasteiger partial charge in [0.1, 0.15) is 0 Å². The Morgan fingerprint density at radius 1 is 1.54 bits per heavy atom. The number of benzene rings is 1. The fourth-order valence-corrected chi connectivity index (χ4v) is 2.09. The van der Waals surface area contributed by atoms with Gasteiger partial charge >= 0.3 is 5.97 Å². The number of carbonyl (C=O) groups is 1. The molecule has 0 aliphatic heterocycles. The molecule has 1 rings (SSSR count). The lowest BCUT2D eigenvalue weighted by Crippen LogP contribution is -2.04. The van der Waals surface area contributed by atoms with Crippen LogP contribution in [0.4, 0.5) is 0 Å². The van der Waals surface area contributed by atoms with E-state index in [2.05, 4.69) is 43.3 Å². The van der Waals surface area contributed by atoms with Gasteiger partial charge in [-0.2, -0.15) is 0 Å². The lowest BCUT2D eigenvalue weighted by molar-refractivity contribution is 0.0599. The van der Waals surface area contributed by atoms with Crippen molar-refractivity contribution in [3.05, 3.63) is 31.3 Å². The highest BCUT2D eigenvalue weighted by Gasteiger charge is 2.12. The summed E-state index contributed by atoms with van der Waals surface area (Å²) in [5, 5.41) is 0. The van der Waals surface area contributed by atoms with E-state index in [1.54, 1.807) is 6.07 Å². The fourth-order valence-electron chi connectivity index (χ4n) is 0.984. The Balaban J connectivity index is 3.28. The number of ether oxygens (including phenoxy) is 1. The highest BCUT2D eigenvalue weighted by Crippen LogP contribution is 2.23. The van der Waals surface area contributed by atoms with E-state index in [9.17, 15) is 4.79 Å². The van der Waals surface area contributed by atoms with Gasteiger partial charge in [-0.15, -0.1) is 0 Å². The predicted octanol–water partition coefficient (Wildman–Crippen LogP) is 3.15. The molecule has 0 radical (unpaired) electrons. The first-order chi connectivity index (χ1) is 6.06. The van der Waals surface area contributed by atoms with Gasteiger partial charge in [-0.25, -0.2) is 4.79 Å². The molecule has 1 aromatic rings. The van der Waals surface area contributed by atoms with Crippen molar-refractivity contribution >= 4 is 44.5 Å². The molecule has 0 aromatic heterocycles. The molecular formula is C9H8BrIO2. The Morgan fingerprint density at radius 2 is 2.15 bits per heavy atom. The monoisotopic (exact) mass is 354 g/mol. The van der Waals surface area contributed by atoms with Gasteiger partial charge < -0.3 is 4.74 Å². The van der Waals surface area contributed by atoms with Crippen LogP contribution in [-0.2, 0) is 4.74 Å². The van der Waals surface area contributed by atoms with Crippen LogP contribution in [0.15, 0.2) is 16.6 Å². The molecule has 70 valence electrons. The number of halogens is 2. The van der Waals surface area contributed by atoms with Gasteiger partial charge in [0.05, 0.1) is 12.7 Å². The molecule has 0 amide bonds. The second kappa shape index (κ2) is 4.41. The van der Waals surface area contributed by atoms with E-state index in [0.29, 0.717) is 5.56 Å². The first-order valence-electron chi connectivity index (χ1n) is 3.60. The fraction of sp³-hybridized carbons (Fsp3) is 0.222. The molecule has 0 unspecified atom stereocenters. The smallest absolute Gasteiger partial charge is 0.338 e. The summed E-state index contributed by atoms with van der Waals surface area (Å²) in [6, 6.07) is 3.73. The molecule has 1 aromatic carbocycles. The number of aryl methyl sites for hydroxylation is 1. The topological polar surface area (TPSA) is 26.3 Å². The van der Waals surface area contributed by atoms with Gasteiger partial charge in [0.25, 0.3) is 0 Å². The van der Waals surface area contributed by atoms with Gasteiger partial charge in [0, 0.05) is 8.04 Å². The van der Waals surface area contributed by atoms with Crippen LogP contribution in [0.1, 0.15) is 15.9 Å². The van der Waals surface area contributed by atoms with E-state index < -0.39 is 0 Å². The van der Waals surface area contributed by atoms with Crippen LogP contribution in [-0.4, -0.2) is 13.1 Å². The second-order valence-corrected chi connectivity index (χ2v) is 4.57. The molecule has 0 fully saturated rings. The lowest BCUT2D eigenvalue weighted by atomic mass is 10.1. The van der Waals surface area contributed by atoms with E-state index >= 15 is 0 Å². The number of esters is 1. The van der Waals surface area contributed by atoms with E-state index in [-0.39, 0.29) is 5.97 Å². The molecule has 13 heavy (non-hydrogen) atoms. The summed E-state index contributed by atoms with van der Waals surface area (Å²) in [7, 11) is 1.38. The van der Waals surface area contributed by atoms with E-state index in [1.807, 2.05) is 13.0 Å². The molecule has 0 saturated carbocycles. The number of hydrogen-bond donors (Lipinski definition) is 0. The summed E-state index contributed by atoms with van der Waals surface area (Å²) in [5.41, 5.74) is 1.67. The number of methoxy groups -OCH3 is 1. The summed E-state index contributed by atoms with van der Waals surface area (Å²) >= 11 is 5.47. The third kappa shape index (κ3) is 2.43. The molecule has 4 heteroatoms. The van der Waals surface area contributed by atoms with Crippen LogP contribution < -0.4 is 0 Å². The molecule has 2 nitrogen and oxygen atoms in total. The second-order valence-electron chi connectivity index (χ2n) is 2.58. The summed E-state index contributed by atoms with van der Waals surface area (Å²) in [5.74, 6) is -0.297. The number of hydrogen-bond acceptors (Lipinski definition) is 2. The predicted molar refractivity (Wildman–Crippen MR) is 62.9 cm³/mol.